The molecule has 2 heterocycles. The number of thioether (sulfide) groups is 1. The van der Waals surface area contributed by atoms with E-state index in [1.54, 1.807) is 11.3 Å². The molecule has 0 aliphatic heterocycles. The number of benzene rings is 1. The number of carbonyl (C=O) groups is 1. The topological polar surface area (TPSA) is 63.1 Å². The van der Waals surface area contributed by atoms with Gasteiger partial charge in [0.25, 0.3) is 0 Å². The lowest BCUT2D eigenvalue weighted by atomic mass is 9.99. The molecule has 0 aliphatic rings. The van der Waals surface area contributed by atoms with Crippen molar-refractivity contribution in [2.75, 3.05) is 5.75 Å². The molecule has 0 atom stereocenters. The average Bonchev–Trinajstić information content (AvgIpc) is 2.89. The molecule has 0 amide bonds. The second-order valence-corrected chi connectivity index (χ2v) is 6.83. The first-order valence-corrected chi connectivity index (χ1v) is 8.57. The van der Waals surface area contributed by atoms with E-state index in [1.165, 1.54) is 29.2 Å². The zero-order chi connectivity index (χ0) is 15.7. The molecular weight excluding hydrogens is 316 g/mol. The molecule has 0 spiro atoms. The summed E-state index contributed by atoms with van der Waals surface area (Å²) in [7, 11) is 0. The summed E-state index contributed by atoms with van der Waals surface area (Å²) >= 11 is 2.79. The summed E-state index contributed by atoms with van der Waals surface area (Å²) in [5, 5.41) is 12.6. The summed E-state index contributed by atoms with van der Waals surface area (Å²) in [5.41, 5.74) is 4.63. The van der Waals surface area contributed by atoms with Crippen molar-refractivity contribution in [3.8, 4) is 11.1 Å². The van der Waals surface area contributed by atoms with E-state index in [-0.39, 0.29) is 5.75 Å². The molecule has 3 rings (SSSR count). The molecule has 6 heteroatoms. The van der Waals surface area contributed by atoms with Crippen LogP contribution >= 0.6 is 23.1 Å². The molecule has 112 valence electrons. The van der Waals surface area contributed by atoms with Crippen LogP contribution in [0, 0.1) is 13.8 Å². The van der Waals surface area contributed by atoms with Crippen LogP contribution in [-0.2, 0) is 4.79 Å². The maximum Gasteiger partial charge on any atom is 0.313 e. The molecule has 1 N–H and O–H groups in total. The van der Waals surface area contributed by atoms with Gasteiger partial charge in [0.2, 0.25) is 0 Å². The van der Waals surface area contributed by atoms with Crippen molar-refractivity contribution in [2.24, 2.45) is 0 Å². The molecule has 0 radical (unpaired) electrons. The molecule has 22 heavy (non-hydrogen) atoms. The third kappa shape index (κ3) is 2.84. The van der Waals surface area contributed by atoms with Gasteiger partial charge in [0, 0.05) is 10.9 Å². The monoisotopic (exact) mass is 330 g/mol. The van der Waals surface area contributed by atoms with E-state index in [0.717, 1.165) is 26.4 Å². The third-order valence-corrected chi connectivity index (χ3v) is 5.20. The summed E-state index contributed by atoms with van der Waals surface area (Å²) < 4.78 is 0. The minimum absolute atomic E-state index is 0.00567. The number of nitrogens with zero attached hydrogens (tertiary/aromatic N) is 2. The number of carboxylic acids is 1. The molecule has 3 aromatic rings. The van der Waals surface area contributed by atoms with Gasteiger partial charge < -0.3 is 5.11 Å². The van der Waals surface area contributed by atoms with Crippen molar-refractivity contribution in [1.82, 2.24) is 9.97 Å². The van der Waals surface area contributed by atoms with E-state index >= 15 is 0 Å². The Bertz CT molecular complexity index is 858. The van der Waals surface area contributed by atoms with E-state index in [0.29, 0.717) is 0 Å². The summed E-state index contributed by atoms with van der Waals surface area (Å²) in [6.45, 7) is 4.15. The second-order valence-electron chi connectivity index (χ2n) is 5.01. The fourth-order valence-electron chi connectivity index (χ4n) is 2.40. The predicted octanol–water partition coefficient (Wildman–Crippen LogP) is 4.15. The number of fused-ring (bicyclic) bond motifs is 1. The smallest absolute Gasteiger partial charge is 0.313 e. The van der Waals surface area contributed by atoms with Crippen molar-refractivity contribution in [1.29, 1.82) is 0 Å². The zero-order valence-electron chi connectivity index (χ0n) is 12.2. The Morgan fingerprint density at radius 2 is 2.09 bits per heavy atom. The van der Waals surface area contributed by atoms with E-state index in [2.05, 4.69) is 47.4 Å². The van der Waals surface area contributed by atoms with Gasteiger partial charge in [-0.15, -0.1) is 11.3 Å². The number of aromatic nitrogens is 2. The van der Waals surface area contributed by atoms with Crippen molar-refractivity contribution in [2.45, 2.75) is 18.9 Å². The van der Waals surface area contributed by atoms with Gasteiger partial charge >= 0.3 is 5.97 Å². The molecule has 4 nitrogen and oxygen atoms in total. The van der Waals surface area contributed by atoms with Gasteiger partial charge in [-0.2, -0.15) is 0 Å². The molecule has 0 saturated carbocycles. The zero-order valence-corrected chi connectivity index (χ0v) is 13.8. The van der Waals surface area contributed by atoms with Gasteiger partial charge in [0.1, 0.15) is 16.2 Å². The summed E-state index contributed by atoms with van der Waals surface area (Å²) in [6, 6.07) is 6.33. The van der Waals surface area contributed by atoms with Gasteiger partial charge in [-0.05, 0) is 25.0 Å². The van der Waals surface area contributed by atoms with Crippen molar-refractivity contribution < 1.29 is 9.90 Å². The Morgan fingerprint density at radius 1 is 1.27 bits per heavy atom. The lowest BCUT2D eigenvalue weighted by molar-refractivity contribution is -0.133. The Labute approximate surface area is 136 Å². The number of hydrogen-bond donors (Lipinski definition) is 1. The quantitative estimate of drug-likeness (QED) is 0.575. The number of carboxylic acid groups (broad SMARTS) is 1. The summed E-state index contributed by atoms with van der Waals surface area (Å²) in [6.07, 6.45) is 1.49. The Morgan fingerprint density at radius 3 is 2.82 bits per heavy atom. The highest BCUT2D eigenvalue weighted by molar-refractivity contribution is 8.00. The minimum Gasteiger partial charge on any atom is -0.481 e. The summed E-state index contributed by atoms with van der Waals surface area (Å²) in [4.78, 5) is 20.3. The number of aliphatic carboxylic acids is 1. The molecular formula is C16H14N2O2S2. The molecule has 0 unspecified atom stereocenters. The van der Waals surface area contributed by atoms with E-state index in [1.807, 2.05) is 0 Å². The highest BCUT2D eigenvalue weighted by Gasteiger charge is 2.15. The first-order chi connectivity index (χ1) is 10.6. The van der Waals surface area contributed by atoms with Crippen molar-refractivity contribution in [3.05, 3.63) is 41.0 Å². The molecule has 1 aromatic carbocycles. The first kappa shape index (κ1) is 15.0. The van der Waals surface area contributed by atoms with Crippen molar-refractivity contribution >= 4 is 39.3 Å². The molecule has 0 bridgehead atoms. The van der Waals surface area contributed by atoms with Crippen LogP contribution in [0.1, 0.15) is 11.1 Å². The highest BCUT2D eigenvalue weighted by Crippen LogP contribution is 2.39. The maximum atomic E-state index is 10.8. The highest BCUT2D eigenvalue weighted by atomic mass is 32.2. The van der Waals surface area contributed by atoms with Crippen LogP contribution in [0.5, 0.6) is 0 Å². The number of thiophene rings is 1. The fraction of sp³-hybridized carbons (Fsp3) is 0.188. The van der Waals surface area contributed by atoms with Crippen molar-refractivity contribution in [3.63, 3.8) is 0 Å². The van der Waals surface area contributed by atoms with Gasteiger partial charge in [-0.1, -0.05) is 35.5 Å². The molecule has 0 fully saturated rings. The van der Waals surface area contributed by atoms with Gasteiger partial charge in [-0.25, -0.2) is 9.97 Å². The Hall–Kier alpha value is -1.92. The third-order valence-electron chi connectivity index (χ3n) is 3.34. The normalized spacial score (nSPS) is 11.0. The number of rotatable bonds is 4. The maximum absolute atomic E-state index is 10.8. The Kier molecular flexibility index (Phi) is 4.13. The van der Waals surface area contributed by atoms with Crippen LogP contribution in [0.2, 0.25) is 0 Å². The average molecular weight is 330 g/mol. The van der Waals surface area contributed by atoms with E-state index in [9.17, 15) is 4.79 Å². The van der Waals surface area contributed by atoms with Crippen LogP contribution < -0.4 is 0 Å². The van der Waals surface area contributed by atoms with E-state index < -0.39 is 5.97 Å². The minimum atomic E-state index is -0.847. The van der Waals surface area contributed by atoms with Crippen LogP contribution in [-0.4, -0.2) is 26.8 Å². The van der Waals surface area contributed by atoms with E-state index in [4.69, 9.17) is 5.11 Å². The van der Waals surface area contributed by atoms with Crippen LogP contribution in [0.3, 0.4) is 0 Å². The lowest BCUT2D eigenvalue weighted by Crippen LogP contribution is -1.98. The van der Waals surface area contributed by atoms with Gasteiger partial charge in [-0.3, -0.25) is 4.79 Å². The number of aryl methyl sites for hydroxylation is 2. The number of hydrogen-bond acceptors (Lipinski definition) is 5. The first-order valence-electron chi connectivity index (χ1n) is 6.70. The fourth-order valence-corrected chi connectivity index (χ4v) is 4.11. The summed E-state index contributed by atoms with van der Waals surface area (Å²) in [5.74, 6) is -0.853. The van der Waals surface area contributed by atoms with Crippen LogP contribution in [0.15, 0.2) is 34.9 Å². The molecule has 2 aromatic heterocycles. The van der Waals surface area contributed by atoms with Gasteiger partial charge in [0.05, 0.1) is 11.1 Å². The molecule has 0 aliphatic carbocycles. The second kappa shape index (κ2) is 6.06. The molecule has 0 saturated heterocycles. The van der Waals surface area contributed by atoms with Crippen LogP contribution in [0.25, 0.3) is 21.3 Å². The Balaban J connectivity index is 2.15. The van der Waals surface area contributed by atoms with Gasteiger partial charge in [0.15, 0.2) is 0 Å². The largest absolute Gasteiger partial charge is 0.481 e. The predicted molar refractivity (Wildman–Crippen MR) is 90.7 cm³/mol. The standard InChI is InChI=1S/C16H14N2O2S2/c1-9-3-4-11(10(2)5-9)12-6-21-15-14(12)16(18-8-17-15)22-7-13(19)20/h3-6,8H,7H2,1-2H3,(H,19,20). The SMILES string of the molecule is Cc1ccc(-c2csc3ncnc(SCC(=O)O)c23)c(C)c1. The lowest BCUT2D eigenvalue weighted by Gasteiger charge is -2.08. The van der Waals surface area contributed by atoms with Crippen LogP contribution in [0.4, 0.5) is 0 Å².